The minimum Gasteiger partial charge on any atom is -0.451 e. The zero-order valence-corrected chi connectivity index (χ0v) is 14.9. The van der Waals surface area contributed by atoms with E-state index in [9.17, 15) is 4.79 Å². The van der Waals surface area contributed by atoms with Crippen LogP contribution in [0.15, 0.2) is 28.7 Å². The Morgan fingerprint density at radius 3 is 2.74 bits per heavy atom. The number of para-hydroxylation sites is 1. The van der Waals surface area contributed by atoms with Crippen molar-refractivity contribution in [3.63, 3.8) is 0 Å². The van der Waals surface area contributed by atoms with Crippen LogP contribution in [0, 0.1) is 0 Å². The number of amides is 1. The van der Waals surface area contributed by atoms with E-state index in [0.717, 1.165) is 36.0 Å². The Labute approximate surface area is 148 Å². The van der Waals surface area contributed by atoms with E-state index >= 15 is 0 Å². The quantitative estimate of drug-likeness (QED) is 0.879. The average Bonchev–Trinajstić information content (AvgIpc) is 3.07. The lowest BCUT2D eigenvalue weighted by molar-refractivity contribution is 0.0912. The van der Waals surface area contributed by atoms with E-state index in [0.29, 0.717) is 12.3 Å². The van der Waals surface area contributed by atoms with Crippen LogP contribution in [0.1, 0.15) is 22.5 Å². The van der Waals surface area contributed by atoms with Gasteiger partial charge in [0.05, 0.1) is 0 Å². The van der Waals surface area contributed by atoms with Gasteiger partial charge < -0.3 is 20.0 Å². The molecule has 0 spiro atoms. The standard InChI is InChI=1S/C16H21N3O2.2ClH/c1-19(2)10-13-12-5-3-4-6-14(12)21-15(13)16(20)18-11-7-8-17-9-11;;/h3-6,11,17H,7-10H2,1-2H3,(H,18,20);2*1H. The summed E-state index contributed by atoms with van der Waals surface area (Å²) in [5.41, 5.74) is 1.73. The number of halogens is 2. The normalized spacial score (nSPS) is 16.9. The number of nitrogens with zero attached hydrogens (tertiary/aromatic N) is 1. The van der Waals surface area contributed by atoms with Crippen LogP contribution in [0.5, 0.6) is 0 Å². The van der Waals surface area contributed by atoms with E-state index in [2.05, 4.69) is 10.6 Å². The van der Waals surface area contributed by atoms with Crippen molar-refractivity contribution in [2.45, 2.75) is 19.0 Å². The SMILES string of the molecule is CN(C)Cc1c(C(=O)NC2CCNC2)oc2ccccc12.Cl.Cl. The Bertz CT molecular complexity index is 652. The summed E-state index contributed by atoms with van der Waals surface area (Å²) < 4.78 is 5.81. The van der Waals surface area contributed by atoms with Crippen molar-refractivity contribution in [3.8, 4) is 0 Å². The van der Waals surface area contributed by atoms with Crippen molar-refractivity contribution in [3.05, 3.63) is 35.6 Å². The molecule has 1 aromatic carbocycles. The van der Waals surface area contributed by atoms with E-state index in [4.69, 9.17) is 4.42 Å². The van der Waals surface area contributed by atoms with Crippen LogP contribution in [-0.4, -0.2) is 44.0 Å². The number of nitrogens with one attached hydrogen (secondary N) is 2. The lowest BCUT2D eigenvalue weighted by atomic mass is 10.1. The molecule has 1 unspecified atom stereocenters. The number of benzene rings is 1. The molecule has 2 aromatic rings. The third-order valence-electron chi connectivity index (χ3n) is 3.77. The van der Waals surface area contributed by atoms with E-state index in [1.54, 1.807) is 0 Å². The van der Waals surface area contributed by atoms with Gasteiger partial charge >= 0.3 is 0 Å². The van der Waals surface area contributed by atoms with Crippen molar-refractivity contribution < 1.29 is 9.21 Å². The molecule has 1 saturated heterocycles. The zero-order valence-electron chi connectivity index (χ0n) is 13.3. The maximum Gasteiger partial charge on any atom is 0.287 e. The summed E-state index contributed by atoms with van der Waals surface area (Å²) in [4.78, 5) is 14.6. The molecule has 5 nitrogen and oxygen atoms in total. The second-order valence-corrected chi connectivity index (χ2v) is 5.81. The average molecular weight is 360 g/mol. The summed E-state index contributed by atoms with van der Waals surface area (Å²) in [7, 11) is 3.98. The van der Waals surface area contributed by atoms with Gasteiger partial charge in [0, 0.05) is 30.1 Å². The molecule has 0 radical (unpaired) electrons. The van der Waals surface area contributed by atoms with Gasteiger partial charge in [-0.25, -0.2) is 0 Å². The van der Waals surface area contributed by atoms with Crippen LogP contribution in [0.2, 0.25) is 0 Å². The molecule has 2 N–H and O–H groups in total. The molecular weight excluding hydrogens is 337 g/mol. The molecule has 1 aliphatic heterocycles. The van der Waals surface area contributed by atoms with Crippen molar-refractivity contribution in [1.29, 1.82) is 0 Å². The van der Waals surface area contributed by atoms with E-state index in [1.807, 2.05) is 43.3 Å². The Balaban J connectivity index is 0.00000132. The first-order chi connectivity index (χ1) is 10.1. The fraction of sp³-hybridized carbons (Fsp3) is 0.438. The first kappa shape index (κ1) is 19.8. The molecule has 0 aliphatic carbocycles. The van der Waals surface area contributed by atoms with Gasteiger partial charge in [-0.3, -0.25) is 4.79 Å². The minimum absolute atomic E-state index is 0. The summed E-state index contributed by atoms with van der Waals surface area (Å²) in [6, 6.07) is 8.00. The lowest BCUT2D eigenvalue weighted by Gasteiger charge is -2.12. The number of rotatable bonds is 4. The summed E-state index contributed by atoms with van der Waals surface area (Å²) in [5.74, 6) is 0.327. The maximum atomic E-state index is 12.5. The van der Waals surface area contributed by atoms with Gasteiger partial charge in [-0.05, 0) is 33.1 Å². The fourth-order valence-electron chi connectivity index (χ4n) is 2.78. The van der Waals surface area contributed by atoms with Gasteiger partial charge in [0.1, 0.15) is 5.58 Å². The summed E-state index contributed by atoms with van der Waals surface area (Å²) >= 11 is 0. The molecule has 1 amide bonds. The second-order valence-electron chi connectivity index (χ2n) is 5.81. The van der Waals surface area contributed by atoms with Crippen LogP contribution < -0.4 is 10.6 Å². The van der Waals surface area contributed by atoms with Crippen LogP contribution in [-0.2, 0) is 6.54 Å². The molecule has 1 aromatic heterocycles. The highest BCUT2D eigenvalue weighted by atomic mass is 35.5. The van der Waals surface area contributed by atoms with Crippen molar-refractivity contribution in [2.24, 2.45) is 0 Å². The molecule has 7 heteroatoms. The van der Waals surface area contributed by atoms with Gasteiger partial charge in [0.2, 0.25) is 0 Å². The highest BCUT2D eigenvalue weighted by molar-refractivity contribution is 5.99. The van der Waals surface area contributed by atoms with Crippen molar-refractivity contribution in [1.82, 2.24) is 15.5 Å². The molecule has 2 heterocycles. The molecule has 23 heavy (non-hydrogen) atoms. The molecule has 1 fully saturated rings. The van der Waals surface area contributed by atoms with Gasteiger partial charge in [0.25, 0.3) is 5.91 Å². The van der Waals surface area contributed by atoms with Gasteiger partial charge in [-0.1, -0.05) is 18.2 Å². The molecule has 1 aliphatic rings. The monoisotopic (exact) mass is 359 g/mol. The Kier molecular flexibility index (Phi) is 7.35. The molecule has 1 atom stereocenters. The number of hydrogen-bond acceptors (Lipinski definition) is 4. The summed E-state index contributed by atoms with van der Waals surface area (Å²) in [5, 5.41) is 7.32. The lowest BCUT2D eigenvalue weighted by Crippen LogP contribution is -2.36. The highest BCUT2D eigenvalue weighted by Gasteiger charge is 2.24. The van der Waals surface area contributed by atoms with Crippen LogP contribution in [0.4, 0.5) is 0 Å². The molecular formula is C16H23Cl2N3O2. The van der Waals surface area contributed by atoms with Gasteiger partial charge in [-0.15, -0.1) is 24.8 Å². The first-order valence-electron chi connectivity index (χ1n) is 7.32. The molecule has 0 saturated carbocycles. The number of hydrogen-bond donors (Lipinski definition) is 2. The third kappa shape index (κ3) is 4.38. The van der Waals surface area contributed by atoms with Crippen LogP contribution in [0.25, 0.3) is 11.0 Å². The first-order valence-corrected chi connectivity index (χ1v) is 7.32. The summed E-state index contributed by atoms with van der Waals surface area (Å²) in [6.45, 7) is 2.47. The molecule has 3 rings (SSSR count). The number of furan rings is 1. The molecule has 0 bridgehead atoms. The highest BCUT2D eigenvalue weighted by Crippen LogP contribution is 2.27. The third-order valence-corrected chi connectivity index (χ3v) is 3.77. The van der Waals surface area contributed by atoms with E-state index < -0.39 is 0 Å². The topological polar surface area (TPSA) is 57.5 Å². The van der Waals surface area contributed by atoms with E-state index in [-0.39, 0.29) is 36.8 Å². The van der Waals surface area contributed by atoms with Crippen molar-refractivity contribution in [2.75, 3.05) is 27.2 Å². The number of carbonyl (C=O) groups excluding carboxylic acids is 1. The zero-order chi connectivity index (χ0) is 14.8. The van der Waals surface area contributed by atoms with Gasteiger partial charge in [-0.2, -0.15) is 0 Å². The van der Waals surface area contributed by atoms with Crippen LogP contribution >= 0.6 is 24.8 Å². The minimum atomic E-state index is -0.114. The largest absolute Gasteiger partial charge is 0.451 e. The van der Waals surface area contributed by atoms with Crippen LogP contribution in [0.3, 0.4) is 0 Å². The smallest absolute Gasteiger partial charge is 0.287 e. The Hall–Kier alpha value is -1.27. The predicted molar refractivity (Wildman–Crippen MR) is 96.8 cm³/mol. The van der Waals surface area contributed by atoms with Gasteiger partial charge in [0.15, 0.2) is 5.76 Å². The Morgan fingerprint density at radius 1 is 1.35 bits per heavy atom. The summed E-state index contributed by atoms with van der Waals surface area (Å²) in [6.07, 6.45) is 0.967. The van der Waals surface area contributed by atoms with E-state index in [1.165, 1.54) is 0 Å². The second kappa shape index (κ2) is 8.55. The fourth-order valence-corrected chi connectivity index (χ4v) is 2.78. The number of fused-ring (bicyclic) bond motifs is 1. The van der Waals surface area contributed by atoms with Crippen molar-refractivity contribution >= 4 is 41.7 Å². The predicted octanol–water partition coefficient (Wildman–Crippen LogP) is 2.43. The number of carbonyl (C=O) groups is 1. The Morgan fingerprint density at radius 2 is 2.09 bits per heavy atom. The molecule has 128 valence electrons. The maximum absolute atomic E-state index is 12.5.